The lowest BCUT2D eigenvalue weighted by molar-refractivity contribution is 0.793. The number of benzene rings is 17. The molecule has 0 atom stereocenters. The Hall–Kier alpha value is -13.8. The van der Waals surface area contributed by atoms with E-state index in [1.165, 1.54) is 183 Å². The number of anilines is 6. The Bertz CT molecular complexity index is 6960. The van der Waals surface area contributed by atoms with Gasteiger partial charge in [0.15, 0.2) is 0 Å². The normalized spacial score (nSPS) is 15.0. The fourth-order valence-electron chi connectivity index (χ4n) is 22.8. The maximum absolute atomic E-state index is 2.75. The summed E-state index contributed by atoms with van der Waals surface area (Å²) >= 11 is 0. The van der Waals surface area contributed by atoms with E-state index in [-0.39, 0.29) is 6.71 Å². The van der Waals surface area contributed by atoms with E-state index in [1.54, 1.807) is 0 Å². The van der Waals surface area contributed by atoms with Crippen molar-refractivity contribution in [3.8, 4) is 83.6 Å². The lowest BCUT2D eigenvalue weighted by atomic mass is 9.32. The van der Waals surface area contributed by atoms with Crippen LogP contribution in [0, 0.1) is 0 Å². The van der Waals surface area contributed by atoms with Gasteiger partial charge in [-0.3, -0.25) is 0 Å². The molecule has 1 aromatic heterocycles. The van der Waals surface area contributed by atoms with E-state index in [0.717, 1.165) is 39.5 Å². The Morgan fingerprint density at radius 3 is 1.04 bits per heavy atom. The molecule has 500 valence electrons. The van der Waals surface area contributed by atoms with Crippen LogP contribution in [0.4, 0.5) is 34.1 Å². The van der Waals surface area contributed by atoms with Gasteiger partial charge in [0.05, 0.1) is 33.0 Å². The topological polar surface area (TPSA) is 11.4 Å². The summed E-state index contributed by atoms with van der Waals surface area (Å²) in [6, 6.07) is 146. The van der Waals surface area contributed by atoms with Gasteiger partial charge < -0.3 is 14.4 Å². The van der Waals surface area contributed by atoms with Crippen molar-refractivity contribution in [2.75, 3.05) is 9.80 Å². The Kier molecular flexibility index (Phi) is 11.2. The molecule has 3 spiro atoms. The average Bonchev–Trinajstić information content (AvgIpc) is 1.54. The summed E-state index contributed by atoms with van der Waals surface area (Å²) in [4.78, 5) is 5.42. The molecule has 0 unspecified atom stereocenters. The minimum atomic E-state index is -0.633. The molecule has 0 radical (unpaired) electrons. The molecule has 109 heavy (non-hydrogen) atoms. The Morgan fingerprint density at radius 1 is 0.202 bits per heavy atom. The van der Waals surface area contributed by atoms with E-state index in [9.17, 15) is 0 Å². The number of hydrogen-bond acceptors (Lipinski definition) is 2. The fraction of sp³-hybridized carbons (Fsp3) is 0.0286. The largest absolute Gasteiger partial charge is 0.311 e. The first-order valence-electron chi connectivity index (χ1n) is 38.4. The van der Waals surface area contributed by atoms with Gasteiger partial charge in [0.25, 0.3) is 6.71 Å². The molecule has 0 saturated heterocycles. The van der Waals surface area contributed by atoms with Crippen LogP contribution in [0.2, 0.25) is 0 Å². The quantitative estimate of drug-likeness (QED) is 0.163. The van der Waals surface area contributed by atoms with Gasteiger partial charge in [-0.15, -0.1) is 0 Å². The zero-order chi connectivity index (χ0) is 70.7. The molecule has 0 amide bonds. The van der Waals surface area contributed by atoms with E-state index in [1.807, 2.05) is 0 Å². The number of hydrogen-bond donors (Lipinski definition) is 0. The van der Waals surface area contributed by atoms with Gasteiger partial charge in [-0.05, 0) is 222 Å². The van der Waals surface area contributed by atoms with Crippen LogP contribution in [0.25, 0.3) is 105 Å². The van der Waals surface area contributed by atoms with Crippen molar-refractivity contribution in [2.24, 2.45) is 0 Å². The molecule has 6 aliphatic carbocycles. The third-order valence-corrected chi connectivity index (χ3v) is 26.6. The monoisotopic (exact) mass is 1380 g/mol. The van der Waals surface area contributed by atoms with E-state index in [2.05, 4.69) is 390 Å². The van der Waals surface area contributed by atoms with Gasteiger partial charge in [0, 0.05) is 44.9 Å². The van der Waals surface area contributed by atoms with Gasteiger partial charge in [-0.25, -0.2) is 0 Å². The van der Waals surface area contributed by atoms with Crippen LogP contribution in [0.3, 0.4) is 0 Å². The lowest BCUT2D eigenvalue weighted by Crippen LogP contribution is -2.62. The summed E-state index contributed by atoms with van der Waals surface area (Å²) in [6.45, 7) is -0.301. The lowest BCUT2D eigenvalue weighted by Gasteiger charge is -2.46. The maximum atomic E-state index is 2.75. The van der Waals surface area contributed by atoms with Crippen molar-refractivity contribution in [3.63, 3.8) is 0 Å². The van der Waals surface area contributed by atoms with Gasteiger partial charge in [-0.1, -0.05) is 315 Å². The first-order valence-corrected chi connectivity index (χ1v) is 38.4. The number of para-hydroxylation sites is 2. The van der Waals surface area contributed by atoms with E-state index < -0.39 is 16.2 Å². The van der Waals surface area contributed by atoms with Gasteiger partial charge in [-0.2, -0.15) is 0 Å². The van der Waals surface area contributed by atoms with Crippen LogP contribution >= 0.6 is 0 Å². The SMILES string of the molecule is c1ccc(-c2ccc(N3c4cc(-n5c6ccccc6c6ccccc65)cc5c4B(c4cc6c(cc4N5c4ccc5c(c4)-c4ccccc4C54c5ccccc5-c5ccccc54)C4(c5ccccc5-c5ccccc54)c4ccccc4-6)c4c3ccc3c4-c4ccccc4C34c3ccccc3-c3ccccc34)cc2)cc1. The van der Waals surface area contributed by atoms with E-state index >= 15 is 0 Å². The Balaban J connectivity index is 0.840. The van der Waals surface area contributed by atoms with Crippen LogP contribution in [-0.2, 0) is 16.2 Å². The molecule has 0 bridgehead atoms. The number of aromatic nitrogens is 1. The number of fused-ring (bicyclic) bond motifs is 38. The second-order valence-electron chi connectivity index (χ2n) is 31.1. The third kappa shape index (κ3) is 6.96. The van der Waals surface area contributed by atoms with Crippen molar-refractivity contribution < 1.29 is 0 Å². The second kappa shape index (κ2) is 20.8. The van der Waals surface area contributed by atoms with Crippen LogP contribution in [-0.4, -0.2) is 11.3 Å². The predicted molar refractivity (Wildman–Crippen MR) is 449 cm³/mol. The minimum Gasteiger partial charge on any atom is -0.311 e. The van der Waals surface area contributed by atoms with Crippen molar-refractivity contribution in [3.05, 3.63) is 443 Å². The van der Waals surface area contributed by atoms with Gasteiger partial charge >= 0.3 is 0 Å². The molecule has 0 saturated carbocycles. The van der Waals surface area contributed by atoms with Crippen molar-refractivity contribution in [2.45, 2.75) is 16.2 Å². The maximum Gasteiger partial charge on any atom is 0.252 e. The summed E-state index contributed by atoms with van der Waals surface area (Å²) in [5.41, 5.74) is 46.0. The highest BCUT2D eigenvalue weighted by Crippen LogP contribution is 2.68. The first kappa shape index (κ1) is 58.5. The van der Waals surface area contributed by atoms with Crippen molar-refractivity contribution >= 4 is 79.0 Å². The molecule has 4 heteroatoms. The van der Waals surface area contributed by atoms with Crippen molar-refractivity contribution in [1.82, 2.24) is 4.57 Å². The summed E-state index contributed by atoms with van der Waals surface area (Å²) in [7, 11) is 0. The minimum absolute atomic E-state index is 0.301. The number of rotatable bonds is 4. The summed E-state index contributed by atoms with van der Waals surface area (Å²) in [5.74, 6) is 0. The molecular formula is C105H62BN3. The molecular weight excluding hydrogens is 1310 g/mol. The fourth-order valence-corrected chi connectivity index (χ4v) is 22.8. The van der Waals surface area contributed by atoms with E-state index in [0.29, 0.717) is 0 Å². The van der Waals surface area contributed by atoms with Gasteiger partial charge in [0.1, 0.15) is 0 Å². The molecule has 17 aromatic carbocycles. The molecule has 2 aliphatic heterocycles. The summed E-state index contributed by atoms with van der Waals surface area (Å²) in [6.07, 6.45) is 0. The summed E-state index contributed by atoms with van der Waals surface area (Å²) in [5, 5.41) is 2.44. The highest BCUT2D eigenvalue weighted by Gasteiger charge is 2.58. The standard InChI is InChI=1S/C105H62BN3/c1-2-26-63(27-3-1)64-50-52-65(53-51-64)107-96-57-56-91-100(78-38-12-23-47-89(78)104(91)83-41-17-6-30-70(83)71-31-7-18-42-84(71)104)102(96)106-93-61-80-75-35-11-22-46-88(75)105(85-43-19-8-32-72(85)73-33-9-20-44-86(73)105)92(80)62-97(93)108(99-60-67(59-98(107)101(99)106)109-94-48-24-13-36-76(94)77-37-14-25-49-95(77)109)66-54-55-90-79(58-66)74-34-10-21-45-87(74)103(90)81-39-15-4-28-68(81)69-29-5-16-40-82(69)103/h1-62H. The van der Waals surface area contributed by atoms with Crippen LogP contribution in [0.1, 0.15) is 66.8 Å². The molecule has 26 rings (SSSR count). The Labute approximate surface area is 631 Å². The zero-order valence-electron chi connectivity index (χ0n) is 59.2. The number of nitrogens with zero attached hydrogens (tertiary/aromatic N) is 3. The molecule has 0 N–H and O–H groups in total. The zero-order valence-corrected chi connectivity index (χ0v) is 59.2. The molecule has 3 nitrogen and oxygen atoms in total. The average molecular weight is 1380 g/mol. The first-order chi connectivity index (χ1) is 54.1. The molecule has 3 heterocycles. The Morgan fingerprint density at radius 2 is 0.550 bits per heavy atom. The highest BCUT2D eigenvalue weighted by atomic mass is 15.2. The van der Waals surface area contributed by atoms with Gasteiger partial charge in [0.2, 0.25) is 0 Å². The highest BCUT2D eigenvalue weighted by molar-refractivity contribution is 7.01. The van der Waals surface area contributed by atoms with Crippen molar-refractivity contribution in [1.29, 1.82) is 0 Å². The third-order valence-electron chi connectivity index (χ3n) is 26.6. The predicted octanol–water partition coefficient (Wildman–Crippen LogP) is 23.6. The molecule has 8 aliphatic rings. The van der Waals surface area contributed by atoms with Crippen LogP contribution in [0.5, 0.6) is 0 Å². The summed E-state index contributed by atoms with van der Waals surface area (Å²) < 4.78 is 2.56. The van der Waals surface area contributed by atoms with E-state index in [4.69, 9.17) is 0 Å². The molecule has 0 fully saturated rings. The smallest absolute Gasteiger partial charge is 0.252 e. The van der Waals surface area contributed by atoms with Crippen LogP contribution < -0.4 is 26.2 Å². The molecule has 18 aromatic rings. The second-order valence-corrected chi connectivity index (χ2v) is 31.1. The van der Waals surface area contributed by atoms with Crippen LogP contribution in [0.15, 0.2) is 376 Å².